The number of amides is 1. The zero-order valence-electron chi connectivity index (χ0n) is 17.5. The topological polar surface area (TPSA) is 84.8 Å². The van der Waals surface area contributed by atoms with Crippen molar-refractivity contribution in [3.63, 3.8) is 0 Å². The van der Waals surface area contributed by atoms with Crippen LogP contribution in [0.1, 0.15) is 34.8 Å². The van der Waals surface area contributed by atoms with Gasteiger partial charge in [0.1, 0.15) is 5.69 Å². The second kappa shape index (κ2) is 9.01. The van der Waals surface area contributed by atoms with E-state index in [2.05, 4.69) is 19.9 Å². The van der Waals surface area contributed by atoms with Gasteiger partial charge in [0.25, 0.3) is 5.91 Å². The number of likely N-dealkylation sites (tertiary alicyclic amines) is 1. The summed E-state index contributed by atoms with van der Waals surface area (Å²) in [4.78, 5) is 36.9. The Hall–Kier alpha value is -4.00. The van der Waals surface area contributed by atoms with Crippen LogP contribution in [0.2, 0.25) is 0 Å². The number of hydrogen-bond donors (Lipinski definition) is 0. The summed E-state index contributed by atoms with van der Waals surface area (Å²) in [6, 6.07) is 13.2. The molecule has 5 rings (SSSR count). The van der Waals surface area contributed by atoms with Gasteiger partial charge in [0.2, 0.25) is 0 Å². The van der Waals surface area contributed by atoms with Crippen molar-refractivity contribution in [1.82, 2.24) is 29.8 Å². The molecule has 1 amide bonds. The van der Waals surface area contributed by atoms with E-state index in [-0.39, 0.29) is 11.8 Å². The van der Waals surface area contributed by atoms with Crippen LogP contribution in [0, 0.1) is 0 Å². The summed E-state index contributed by atoms with van der Waals surface area (Å²) in [7, 11) is 0. The molecule has 0 unspecified atom stereocenters. The number of rotatable bonds is 4. The molecule has 0 radical (unpaired) electrons. The SMILES string of the molecule is O=C(c1ccncc1)N1CCC(c2nc(-c3ccccn3)ncc2-c2ccncc2)CC1. The fraction of sp³-hybridized carbons (Fsp3) is 0.200. The van der Waals surface area contributed by atoms with Crippen LogP contribution in [-0.4, -0.2) is 48.8 Å². The molecule has 0 aliphatic carbocycles. The maximum atomic E-state index is 12.8. The summed E-state index contributed by atoms with van der Waals surface area (Å²) in [6.07, 6.45) is 12.2. The van der Waals surface area contributed by atoms with Crippen molar-refractivity contribution in [3.8, 4) is 22.6 Å². The van der Waals surface area contributed by atoms with Gasteiger partial charge in [0, 0.05) is 67.3 Å². The Bertz CT molecular complexity index is 1190. The highest BCUT2D eigenvalue weighted by Crippen LogP contribution is 2.35. The first-order valence-electron chi connectivity index (χ1n) is 10.7. The summed E-state index contributed by atoms with van der Waals surface area (Å²) in [5, 5.41) is 0. The average Bonchev–Trinajstić information content (AvgIpc) is 2.89. The molecule has 0 atom stereocenters. The van der Waals surface area contributed by atoms with Crippen LogP contribution >= 0.6 is 0 Å². The maximum Gasteiger partial charge on any atom is 0.253 e. The molecule has 1 aliphatic heterocycles. The van der Waals surface area contributed by atoms with Crippen molar-refractivity contribution < 1.29 is 4.79 Å². The first-order valence-corrected chi connectivity index (χ1v) is 10.7. The van der Waals surface area contributed by atoms with Crippen molar-refractivity contribution in [2.75, 3.05) is 13.1 Å². The number of nitrogens with zero attached hydrogens (tertiary/aromatic N) is 6. The lowest BCUT2D eigenvalue weighted by molar-refractivity contribution is 0.0712. The monoisotopic (exact) mass is 422 g/mol. The van der Waals surface area contributed by atoms with E-state index in [0.29, 0.717) is 24.5 Å². The molecule has 158 valence electrons. The van der Waals surface area contributed by atoms with E-state index in [0.717, 1.165) is 35.4 Å². The molecule has 32 heavy (non-hydrogen) atoms. The molecule has 7 nitrogen and oxygen atoms in total. The van der Waals surface area contributed by atoms with Crippen LogP contribution in [0.3, 0.4) is 0 Å². The minimum absolute atomic E-state index is 0.0528. The van der Waals surface area contributed by atoms with E-state index in [1.807, 2.05) is 41.4 Å². The van der Waals surface area contributed by atoms with Gasteiger partial charge in [-0.25, -0.2) is 9.97 Å². The number of carbonyl (C=O) groups is 1. The van der Waals surface area contributed by atoms with E-state index in [1.54, 1.807) is 43.1 Å². The highest BCUT2D eigenvalue weighted by molar-refractivity contribution is 5.94. The Morgan fingerprint density at radius 3 is 2.25 bits per heavy atom. The summed E-state index contributed by atoms with van der Waals surface area (Å²) in [6.45, 7) is 1.37. The normalized spacial score (nSPS) is 14.3. The highest BCUT2D eigenvalue weighted by atomic mass is 16.2. The standard InChI is InChI=1S/C25H22N6O/c32-25(20-6-13-27-14-7-20)31-15-8-19(9-16-31)23-21(18-4-11-26-12-5-18)17-29-24(30-23)22-3-1-2-10-28-22/h1-7,10-14,17,19H,8-9,15-16H2. The van der Waals surface area contributed by atoms with Gasteiger partial charge in [0.05, 0.1) is 5.69 Å². The largest absolute Gasteiger partial charge is 0.339 e. The van der Waals surface area contributed by atoms with Crippen LogP contribution in [0.15, 0.2) is 79.6 Å². The summed E-state index contributed by atoms with van der Waals surface area (Å²) < 4.78 is 0. The molecule has 1 fully saturated rings. The van der Waals surface area contributed by atoms with Gasteiger partial charge in [-0.2, -0.15) is 0 Å². The first-order chi connectivity index (χ1) is 15.8. The van der Waals surface area contributed by atoms with Crippen molar-refractivity contribution in [2.24, 2.45) is 0 Å². The Morgan fingerprint density at radius 2 is 1.56 bits per heavy atom. The van der Waals surface area contributed by atoms with Gasteiger partial charge < -0.3 is 4.90 Å². The molecule has 1 saturated heterocycles. The van der Waals surface area contributed by atoms with Gasteiger partial charge >= 0.3 is 0 Å². The van der Waals surface area contributed by atoms with Gasteiger partial charge in [-0.05, 0) is 54.8 Å². The maximum absolute atomic E-state index is 12.8. The van der Waals surface area contributed by atoms with E-state index in [1.165, 1.54) is 0 Å². The Labute approximate surface area is 186 Å². The van der Waals surface area contributed by atoms with Crippen LogP contribution in [0.5, 0.6) is 0 Å². The van der Waals surface area contributed by atoms with Crippen molar-refractivity contribution >= 4 is 5.91 Å². The fourth-order valence-electron chi connectivity index (χ4n) is 4.11. The fourth-order valence-corrected chi connectivity index (χ4v) is 4.11. The average molecular weight is 422 g/mol. The number of aromatic nitrogens is 5. The van der Waals surface area contributed by atoms with Gasteiger partial charge in [-0.15, -0.1) is 0 Å². The third-order valence-corrected chi connectivity index (χ3v) is 5.80. The summed E-state index contributed by atoms with van der Waals surface area (Å²) in [5.74, 6) is 0.899. The van der Waals surface area contributed by atoms with Crippen LogP contribution < -0.4 is 0 Å². The zero-order chi connectivity index (χ0) is 21.8. The molecule has 0 N–H and O–H groups in total. The van der Waals surface area contributed by atoms with Crippen molar-refractivity contribution in [2.45, 2.75) is 18.8 Å². The second-order valence-corrected chi connectivity index (χ2v) is 7.75. The smallest absolute Gasteiger partial charge is 0.253 e. The molecule has 7 heteroatoms. The molecular formula is C25H22N6O. The minimum Gasteiger partial charge on any atom is -0.339 e. The first kappa shape index (κ1) is 19.9. The predicted octanol–water partition coefficient (Wildman–Crippen LogP) is 4.02. The van der Waals surface area contributed by atoms with E-state index >= 15 is 0 Å². The molecule has 0 spiro atoms. The van der Waals surface area contributed by atoms with Crippen LogP contribution in [0.4, 0.5) is 0 Å². The lowest BCUT2D eigenvalue weighted by Crippen LogP contribution is -2.38. The third kappa shape index (κ3) is 4.09. The molecule has 1 aliphatic rings. The van der Waals surface area contributed by atoms with E-state index in [4.69, 9.17) is 4.98 Å². The Kier molecular flexibility index (Phi) is 5.61. The number of carbonyl (C=O) groups excluding carboxylic acids is 1. The molecular weight excluding hydrogens is 400 g/mol. The lowest BCUT2D eigenvalue weighted by atomic mass is 9.88. The quantitative estimate of drug-likeness (QED) is 0.494. The zero-order valence-corrected chi connectivity index (χ0v) is 17.5. The third-order valence-electron chi connectivity index (χ3n) is 5.80. The summed E-state index contributed by atoms with van der Waals surface area (Å²) >= 11 is 0. The van der Waals surface area contributed by atoms with Crippen molar-refractivity contribution in [1.29, 1.82) is 0 Å². The number of piperidine rings is 1. The van der Waals surface area contributed by atoms with Crippen LogP contribution in [-0.2, 0) is 0 Å². The van der Waals surface area contributed by atoms with E-state index < -0.39 is 0 Å². The lowest BCUT2D eigenvalue weighted by Gasteiger charge is -2.32. The number of hydrogen-bond acceptors (Lipinski definition) is 6. The van der Waals surface area contributed by atoms with E-state index in [9.17, 15) is 4.79 Å². The van der Waals surface area contributed by atoms with Gasteiger partial charge in [-0.3, -0.25) is 19.7 Å². The molecule has 4 aromatic heterocycles. The molecule has 0 bridgehead atoms. The molecule has 0 saturated carbocycles. The molecule has 0 aromatic carbocycles. The predicted molar refractivity (Wildman–Crippen MR) is 121 cm³/mol. The number of pyridine rings is 3. The summed E-state index contributed by atoms with van der Waals surface area (Å²) in [5.41, 5.74) is 4.47. The molecule has 4 aromatic rings. The Balaban J connectivity index is 1.43. The van der Waals surface area contributed by atoms with Crippen LogP contribution in [0.25, 0.3) is 22.6 Å². The Morgan fingerprint density at radius 1 is 0.844 bits per heavy atom. The van der Waals surface area contributed by atoms with Gasteiger partial charge in [0.15, 0.2) is 5.82 Å². The van der Waals surface area contributed by atoms with Crippen molar-refractivity contribution in [3.05, 3.63) is 90.9 Å². The second-order valence-electron chi connectivity index (χ2n) is 7.75. The molecule has 5 heterocycles. The van der Waals surface area contributed by atoms with Gasteiger partial charge in [-0.1, -0.05) is 6.07 Å². The highest BCUT2D eigenvalue weighted by Gasteiger charge is 2.28. The minimum atomic E-state index is 0.0528.